The molecule has 1 aromatic heterocycles. The fourth-order valence-electron chi connectivity index (χ4n) is 1.81. The van der Waals surface area contributed by atoms with Crippen molar-refractivity contribution in [1.82, 2.24) is 15.0 Å². The second kappa shape index (κ2) is 5.14. The first-order chi connectivity index (χ1) is 8.63. The summed E-state index contributed by atoms with van der Waals surface area (Å²) in [6, 6.07) is 7.14. The number of benzene rings is 1. The van der Waals surface area contributed by atoms with Gasteiger partial charge in [-0.05, 0) is 12.5 Å². The Bertz CT molecular complexity index is 579. The zero-order valence-corrected chi connectivity index (χ0v) is 10.8. The number of para-hydroxylation sites is 1. The number of thiocarbonyl (C=S) groups is 1. The number of nitrogens with zero attached hydrogens (tertiary/aromatic N) is 3. The van der Waals surface area contributed by atoms with Gasteiger partial charge in [0, 0.05) is 5.56 Å². The third-order valence-corrected chi connectivity index (χ3v) is 2.91. The first-order valence-corrected chi connectivity index (χ1v) is 6.03. The maximum atomic E-state index is 9.74. The second-order valence-corrected chi connectivity index (χ2v) is 4.33. The molecule has 0 fully saturated rings. The highest BCUT2D eigenvalue weighted by Crippen LogP contribution is 2.18. The summed E-state index contributed by atoms with van der Waals surface area (Å²) in [6.45, 7) is 2.44. The molecule has 0 spiro atoms. The molecule has 1 aromatic carbocycles. The lowest BCUT2D eigenvalue weighted by molar-refractivity contribution is 0.462. The average molecular weight is 262 g/mol. The normalized spacial score (nSPS) is 10.5. The van der Waals surface area contributed by atoms with Gasteiger partial charge in [0.15, 0.2) is 0 Å². The van der Waals surface area contributed by atoms with Crippen molar-refractivity contribution in [3.05, 3.63) is 41.2 Å². The number of rotatable bonds is 4. The van der Waals surface area contributed by atoms with Crippen LogP contribution in [0.25, 0.3) is 0 Å². The number of hydrogen-bond acceptors (Lipinski definition) is 4. The molecule has 0 saturated heterocycles. The molecule has 0 bridgehead atoms. The van der Waals surface area contributed by atoms with Gasteiger partial charge >= 0.3 is 0 Å². The van der Waals surface area contributed by atoms with E-state index in [0.717, 1.165) is 17.7 Å². The zero-order valence-electron chi connectivity index (χ0n) is 10.00. The molecule has 0 aliphatic rings. The summed E-state index contributed by atoms with van der Waals surface area (Å²) in [4.78, 5) is 0.246. The number of aromatic nitrogens is 3. The molecule has 0 amide bonds. The first-order valence-electron chi connectivity index (χ1n) is 5.62. The molecule has 2 rings (SSSR count). The van der Waals surface area contributed by atoms with Crippen molar-refractivity contribution in [3.8, 4) is 5.75 Å². The highest BCUT2D eigenvalue weighted by Gasteiger charge is 2.14. The van der Waals surface area contributed by atoms with Crippen LogP contribution in [0.4, 0.5) is 0 Å². The molecule has 0 saturated carbocycles. The van der Waals surface area contributed by atoms with Gasteiger partial charge in [-0.1, -0.05) is 42.6 Å². The van der Waals surface area contributed by atoms with Gasteiger partial charge in [-0.25, -0.2) is 4.68 Å². The monoisotopic (exact) mass is 262 g/mol. The van der Waals surface area contributed by atoms with Crippen molar-refractivity contribution >= 4 is 17.2 Å². The number of aromatic hydroxyl groups is 1. The van der Waals surface area contributed by atoms with Crippen molar-refractivity contribution < 1.29 is 5.11 Å². The Kier molecular flexibility index (Phi) is 3.57. The summed E-state index contributed by atoms with van der Waals surface area (Å²) >= 11 is 4.93. The van der Waals surface area contributed by atoms with Crippen LogP contribution in [0.5, 0.6) is 5.75 Å². The SMILES string of the molecule is CCc1c(C(N)=S)nnn1Cc1ccccc1O. The van der Waals surface area contributed by atoms with E-state index in [1.807, 2.05) is 19.1 Å². The predicted octanol–water partition coefficient (Wildman–Crippen LogP) is 1.23. The lowest BCUT2D eigenvalue weighted by atomic mass is 10.2. The Morgan fingerprint density at radius 2 is 2.17 bits per heavy atom. The lowest BCUT2D eigenvalue weighted by Gasteiger charge is -2.07. The fourth-order valence-corrected chi connectivity index (χ4v) is 1.97. The smallest absolute Gasteiger partial charge is 0.143 e. The van der Waals surface area contributed by atoms with E-state index in [4.69, 9.17) is 18.0 Å². The third kappa shape index (κ3) is 2.33. The molecular formula is C12H14N4OS. The van der Waals surface area contributed by atoms with Crippen molar-refractivity contribution in [2.24, 2.45) is 5.73 Å². The second-order valence-electron chi connectivity index (χ2n) is 3.89. The Morgan fingerprint density at radius 3 is 2.78 bits per heavy atom. The molecule has 94 valence electrons. The molecule has 5 nitrogen and oxygen atoms in total. The van der Waals surface area contributed by atoms with Crippen molar-refractivity contribution in [3.63, 3.8) is 0 Å². The molecule has 1 heterocycles. The van der Waals surface area contributed by atoms with Crippen LogP contribution in [0.1, 0.15) is 23.9 Å². The van der Waals surface area contributed by atoms with E-state index in [1.165, 1.54) is 0 Å². The van der Waals surface area contributed by atoms with Gasteiger partial charge in [0.25, 0.3) is 0 Å². The van der Waals surface area contributed by atoms with Crippen molar-refractivity contribution in [2.45, 2.75) is 19.9 Å². The standard InChI is InChI=1S/C12H14N4OS/c1-2-9-11(12(13)18)14-15-16(9)7-8-5-3-4-6-10(8)17/h3-6,17H,2,7H2,1H3,(H2,13,18). The van der Waals surface area contributed by atoms with Crippen LogP contribution in [0.3, 0.4) is 0 Å². The van der Waals surface area contributed by atoms with E-state index in [1.54, 1.807) is 16.8 Å². The summed E-state index contributed by atoms with van der Waals surface area (Å²) < 4.78 is 1.71. The van der Waals surface area contributed by atoms with Crippen LogP contribution >= 0.6 is 12.2 Å². The molecule has 3 N–H and O–H groups in total. The Labute approximate surface area is 110 Å². The van der Waals surface area contributed by atoms with E-state index in [9.17, 15) is 5.11 Å². The minimum absolute atomic E-state index is 0.243. The van der Waals surface area contributed by atoms with Crippen LogP contribution in [0.2, 0.25) is 0 Å². The molecular weight excluding hydrogens is 248 g/mol. The van der Waals surface area contributed by atoms with Crippen LogP contribution in [-0.2, 0) is 13.0 Å². The van der Waals surface area contributed by atoms with Crippen molar-refractivity contribution in [1.29, 1.82) is 0 Å². The number of nitrogens with two attached hydrogens (primary N) is 1. The van der Waals surface area contributed by atoms with Gasteiger partial charge in [-0.2, -0.15) is 0 Å². The maximum absolute atomic E-state index is 9.74. The minimum atomic E-state index is 0.243. The molecule has 18 heavy (non-hydrogen) atoms. The summed E-state index contributed by atoms with van der Waals surface area (Å²) in [5.74, 6) is 0.243. The summed E-state index contributed by atoms with van der Waals surface area (Å²) in [6.07, 6.45) is 0.729. The lowest BCUT2D eigenvalue weighted by Crippen LogP contribution is -2.14. The highest BCUT2D eigenvalue weighted by molar-refractivity contribution is 7.80. The third-order valence-electron chi connectivity index (χ3n) is 2.72. The Morgan fingerprint density at radius 1 is 1.44 bits per heavy atom. The van der Waals surface area contributed by atoms with Crippen LogP contribution in [0, 0.1) is 0 Å². The van der Waals surface area contributed by atoms with E-state index in [2.05, 4.69) is 10.3 Å². The largest absolute Gasteiger partial charge is 0.508 e. The van der Waals surface area contributed by atoms with Gasteiger partial charge in [0.05, 0.1) is 12.2 Å². The quantitative estimate of drug-likeness (QED) is 0.810. The molecule has 6 heteroatoms. The fraction of sp³-hybridized carbons (Fsp3) is 0.250. The number of phenolic OH excluding ortho intramolecular Hbond substituents is 1. The molecule has 0 aliphatic carbocycles. The van der Waals surface area contributed by atoms with Crippen LogP contribution < -0.4 is 5.73 Å². The molecule has 0 atom stereocenters. The summed E-state index contributed by atoms with van der Waals surface area (Å²) in [7, 11) is 0. The first kappa shape index (κ1) is 12.5. The molecule has 0 unspecified atom stereocenters. The number of phenols is 1. The summed E-state index contributed by atoms with van der Waals surface area (Å²) in [5, 5.41) is 17.7. The van der Waals surface area contributed by atoms with Crippen LogP contribution in [0.15, 0.2) is 24.3 Å². The molecule has 0 aliphatic heterocycles. The predicted molar refractivity (Wildman–Crippen MR) is 72.5 cm³/mol. The summed E-state index contributed by atoms with van der Waals surface area (Å²) in [5.41, 5.74) is 7.82. The maximum Gasteiger partial charge on any atom is 0.143 e. The number of hydrogen-bond donors (Lipinski definition) is 2. The van der Waals surface area contributed by atoms with Gasteiger partial charge in [-0.3, -0.25) is 0 Å². The molecule has 2 aromatic rings. The zero-order chi connectivity index (χ0) is 13.1. The topological polar surface area (TPSA) is 77.0 Å². The van der Waals surface area contributed by atoms with E-state index < -0.39 is 0 Å². The van der Waals surface area contributed by atoms with Gasteiger partial charge < -0.3 is 10.8 Å². The minimum Gasteiger partial charge on any atom is -0.508 e. The van der Waals surface area contributed by atoms with E-state index in [-0.39, 0.29) is 10.7 Å². The van der Waals surface area contributed by atoms with Crippen LogP contribution in [-0.4, -0.2) is 25.1 Å². The van der Waals surface area contributed by atoms with Gasteiger partial charge in [0.1, 0.15) is 16.4 Å². The van der Waals surface area contributed by atoms with Crippen molar-refractivity contribution in [2.75, 3.05) is 0 Å². The van der Waals surface area contributed by atoms with Gasteiger partial charge in [-0.15, -0.1) is 5.10 Å². The Balaban J connectivity index is 2.35. The average Bonchev–Trinajstić information content (AvgIpc) is 2.75. The Hall–Kier alpha value is -1.95. The highest BCUT2D eigenvalue weighted by atomic mass is 32.1. The van der Waals surface area contributed by atoms with E-state index >= 15 is 0 Å². The van der Waals surface area contributed by atoms with Gasteiger partial charge in [0.2, 0.25) is 0 Å². The van der Waals surface area contributed by atoms with E-state index in [0.29, 0.717) is 12.2 Å². The molecule has 0 radical (unpaired) electrons.